The topological polar surface area (TPSA) is 50.9 Å². The molecule has 1 aromatic heterocycles. The molecule has 3 N–H and O–H groups in total. The molecule has 0 saturated heterocycles. The van der Waals surface area contributed by atoms with Gasteiger partial charge in [0.25, 0.3) is 0 Å². The molecule has 0 atom stereocenters. The molecule has 1 saturated carbocycles. The van der Waals surface area contributed by atoms with Crippen molar-refractivity contribution in [2.45, 2.75) is 12.8 Å². The van der Waals surface area contributed by atoms with E-state index in [0.717, 1.165) is 18.3 Å². The summed E-state index contributed by atoms with van der Waals surface area (Å²) in [6, 6.07) is 3.44. The van der Waals surface area contributed by atoms with Crippen molar-refractivity contribution in [3.63, 3.8) is 0 Å². The van der Waals surface area contributed by atoms with Crippen molar-refractivity contribution in [2.24, 2.45) is 5.92 Å². The number of nitrogen functional groups attached to an aromatic ring is 1. The Bertz CT molecular complexity index is 289. The van der Waals surface area contributed by atoms with Gasteiger partial charge in [0.2, 0.25) is 0 Å². The third-order valence-electron chi connectivity index (χ3n) is 2.09. The molecule has 1 heterocycles. The molecule has 0 bridgehead atoms. The van der Waals surface area contributed by atoms with Crippen LogP contribution in [0.2, 0.25) is 5.15 Å². The van der Waals surface area contributed by atoms with Crippen LogP contribution < -0.4 is 11.1 Å². The molecule has 0 unspecified atom stereocenters. The van der Waals surface area contributed by atoms with Crippen molar-refractivity contribution < 1.29 is 0 Å². The number of nitrogens with one attached hydrogen (secondary N) is 1. The Hall–Kier alpha value is -0.960. The summed E-state index contributed by atoms with van der Waals surface area (Å²) >= 11 is 5.75. The SMILES string of the molecule is Nc1cc(Cl)nc(NCC2CC2)c1. The lowest BCUT2D eigenvalue weighted by atomic mass is 10.4. The summed E-state index contributed by atoms with van der Waals surface area (Å²) in [5, 5.41) is 3.66. The second-order valence-corrected chi connectivity index (χ2v) is 3.82. The van der Waals surface area contributed by atoms with Crippen molar-refractivity contribution in [2.75, 3.05) is 17.6 Å². The number of nitrogens with two attached hydrogens (primary N) is 1. The van der Waals surface area contributed by atoms with E-state index in [1.165, 1.54) is 12.8 Å². The second kappa shape index (κ2) is 3.42. The number of anilines is 2. The monoisotopic (exact) mass is 197 g/mol. The first kappa shape index (κ1) is 8.63. The minimum absolute atomic E-state index is 0.443. The summed E-state index contributed by atoms with van der Waals surface area (Å²) in [6.45, 7) is 0.979. The van der Waals surface area contributed by atoms with Crippen LogP contribution in [0.15, 0.2) is 12.1 Å². The molecule has 3 nitrogen and oxygen atoms in total. The van der Waals surface area contributed by atoms with E-state index in [-0.39, 0.29) is 0 Å². The quantitative estimate of drug-likeness (QED) is 0.730. The van der Waals surface area contributed by atoms with Gasteiger partial charge >= 0.3 is 0 Å². The first-order valence-electron chi connectivity index (χ1n) is 4.41. The molecule has 0 radical (unpaired) electrons. The average molecular weight is 198 g/mol. The van der Waals surface area contributed by atoms with Gasteiger partial charge in [-0.05, 0) is 24.8 Å². The zero-order valence-electron chi connectivity index (χ0n) is 7.26. The van der Waals surface area contributed by atoms with Crippen molar-refractivity contribution in [3.05, 3.63) is 17.3 Å². The van der Waals surface area contributed by atoms with Gasteiger partial charge in [-0.15, -0.1) is 0 Å². The first-order chi connectivity index (χ1) is 6.24. The maximum Gasteiger partial charge on any atom is 0.133 e. The van der Waals surface area contributed by atoms with E-state index in [9.17, 15) is 0 Å². The predicted octanol–water partition coefficient (Wildman–Crippen LogP) is 2.14. The van der Waals surface area contributed by atoms with Crippen molar-refractivity contribution in [1.29, 1.82) is 0 Å². The number of nitrogens with zero attached hydrogens (tertiary/aromatic N) is 1. The number of hydrogen-bond donors (Lipinski definition) is 2. The van der Waals surface area contributed by atoms with Gasteiger partial charge in [0.15, 0.2) is 0 Å². The molecule has 4 heteroatoms. The van der Waals surface area contributed by atoms with E-state index >= 15 is 0 Å². The van der Waals surface area contributed by atoms with Crippen LogP contribution in [0.25, 0.3) is 0 Å². The fourth-order valence-electron chi connectivity index (χ4n) is 1.18. The van der Waals surface area contributed by atoms with Crippen LogP contribution in [-0.2, 0) is 0 Å². The Morgan fingerprint density at radius 3 is 2.92 bits per heavy atom. The number of pyridine rings is 1. The highest BCUT2D eigenvalue weighted by Crippen LogP contribution is 2.29. The van der Waals surface area contributed by atoms with E-state index < -0.39 is 0 Å². The van der Waals surface area contributed by atoms with Gasteiger partial charge in [-0.25, -0.2) is 4.98 Å². The van der Waals surface area contributed by atoms with Gasteiger partial charge in [0, 0.05) is 18.3 Å². The molecule has 0 aliphatic heterocycles. The van der Waals surface area contributed by atoms with Gasteiger partial charge < -0.3 is 11.1 Å². The molecular formula is C9H12ClN3. The van der Waals surface area contributed by atoms with Gasteiger partial charge in [-0.2, -0.15) is 0 Å². The smallest absolute Gasteiger partial charge is 0.133 e. The zero-order chi connectivity index (χ0) is 9.26. The van der Waals surface area contributed by atoms with E-state index in [1.807, 2.05) is 0 Å². The van der Waals surface area contributed by atoms with Crippen LogP contribution in [0.5, 0.6) is 0 Å². The second-order valence-electron chi connectivity index (χ2n) is 3.43. The molecule has 0 aromatic carbocycles. The van der Waals surface area contributed by atoms with Crippen LogP contribution in [0.1, 0.15) is 12.8 Å². The highest BCUT2D eigenvalue weighted by molar-refractivity contribution is 6.29. The number of halogens is 1. The molecule has 1 fully saturated rings. The molecule has 13 heavy (non-hydrogen) atoms. The van der Waals surface area contributed by atoms with E-state index in [0.29, 0.717) is 10.8 Å². The average Bonchev–Trinajstić information content (AvgIpc) is 2.81. The summed E-state index contributed by atoms with van der Waals surface area (Å²) < 4.78 is 0. The Morgan fingerprint density at radius 1 is 1.54 bits per heavy atom. The van der Waals surface area contributed by atoms with Gasteiger partial charge in [-0.3, -0.25) is 0 Å². The van der Waals surface area contributed by atoms with Gasteiger partial charge in [0.05, 0.1) is 0 Å². The predicted molar refractivity (Wildman–Crippen MR) is 54.9 cm³/mol. The van der Waals surface area contributed by atoms with Crippen LogP contribution in [0, 0.1) is 5.92 Å². The minimum Gasteiger partial charge on any atom is -0.399 e. The molecule has 1 aliphatic carbocycles. The summed E-state index contributed by atoms with van der Waals surface area (Å²) in [7, 11) is 0. The fourth-order valence-corrected chi connectivity index (χ4v) is 1.40. The molecule has 1 aliphatic rings. The number of aromatic nitrogens is 1. The molecule has 1 aromatic rings. The highest BCUT2D eigenvalue weighted by atomic mass is 35.5. The normalized spacial score (nSPS) is 15.8. The van der Waals surface area contributed by atoms with Gasteiger partial charge in [0.1, 0.15) is 11.0 Å². The first-order valence-corrected chi connectivity index (χ1v) is 4.79. The number of hydrogen-bond acceptors (Lipinski definition) is 3. The molecule has 0 amide bonds. The Labute approximate surface area is 82.3 Å². The van der Waals surface area contributed by atoms with Crippen molar-refractivity contribution in [1.82, 2.24) is 4.98 Å². The third kappa shape index (κ3) is 2.49. The zero-order valence-corrected chi connectivity index (χ0v) is 8.01. The maximum absolute atomic E-state index is 5.75. The van der Waals surface area contributed by atoms with Crippen LogP contribution in [0.4, 0.5) is 11.5 Å². The maximum atomic E-state index is 5.75. The standard InChI is InChI=1S/C9H12ClN3/c10-8-3-7(11)4-9(13-8)12-5-6-1-2-6/h3-4,6H,1-2,5H2,(H3,11,12,13). The lowest BCUT2D eigenvalue weighted by Crippen LogP contribution is -2.05. The van der Waals surface area contributed by atoms with Gasteiger partial charge in [-0.1, -0.05) is 11.6 Å². The Kier molecular flexibility index (Phi) is 2.27. The van der Waals surface area contributed by atoms with Crippen LogP contribution in [-0.4, -0.2) is 11.5 Å². The van der Waals surface area contributed by atoms with E-state index in [2.05, 4.69) is 10.3 Å². The van der Waals surface area contributed by atoms with Crippen LogP contribution in [0.3, 0.4) is 0 Å². The fraction of sp³-hybridized carbons (Fsp3) is 0.444. The lowest BCUT2D eigenvalue weighted by Gasteiger charge is -2.05. The largest absolute Gasteiger partial charge is 0.399 e. The highest BCUT2D eigenvalue weighted by Gasteiger charge is 2.20. The van der Waals surface area contributed by atoms with E-state index in [1.54, 1.807) is 12.1 Å². The summed E-state index contributed by atoms with van der Waals surface area (Å²) in [5.41, 5.74) is 6.27. The molecular weight excluding hydrogens is 186 g/mol. The summed E-state index contributed by atoms with van der Waals surface area (Å²) in [6.07, 6.45) is 2.64. The van der Waals surface area contributed by atoms with Crippen LogP contribution >= 0.6 is 11.6 Å². The molecule has 70 valence electrons. The third-order valence-corrected chi connectivity index (χ3v) is 2.28. The van der Waals surface area contributed by atoms with E-state index in [4.69, 9.17) is 17.3 Å². The lowest BCUT2D eigenvalue weighted by molar-refractivity contribution is 0.883. The Balaban J connectivity index is 2.01. The summed E-state index contributed by atoms with van der Waals surface area (Å²) in [4.78, 5) is 4.11. The summed E-state index contributed by atoms with van der Waals surface area (Å²) in [5.74, 6) is 1.60. The van der Waals surface area contributed by atoms with Crippen molar-refractivity contribution in [3.8, 4) is 0 Å². The number of rotatable bonds is 3. The van der Waals surface area contributed by atoms with Crippen molar-refractivity contribution >= 4 is 23.1 Å². The Morgan fingerprint density at radius 2 is 2.31 bits per heavy atom. The molecule has 0 spiro atoms. The minimum atomic E-state index is 0.443. The molecule has 2 rings (SSSR count).